The second-order valence-corrected chi connectivity index (χ2v) is 9.42. The summed E-state index contributed by atoms with van der Waals surface area (Å²) in [6, 6.07) is 27.3. The number of aryl methyl sites for hydroxylation is 4. The van der Waals surface area contributed by atoms with Crippen molar-refractivity contribution in [2.24, 2.45) is 0 Å². The van der Waals surface area contributed by atoms with Crippen molar-refractivity contribution in [3.8, 4) is 34.0 Å². The van der Waals surface area contributed by atoms with Gasteiger partial charge in [0, 0.05) is 48.4 Å². The Balaban J connectivity index is 0.00000294. The van der Waals surface area contributed by atoms with E-state index in [0.717, 1.165) is 74.1 Å². The fourth-order valence-corrected chi connectivity index (χ4v) is 4.57. The molecule has 2 aliphatic heterocycles. The van der Waals surface area contributed by atoms with Gasteiger partial charge in [0.2, 0.25) is 0 Å². The number of rotatable bonds is 0. The molecule has 0 amide bonds. The molecule has 8 heteroatoms. The van der Waals surface area contributed by atoms with Crippen LogP contribution in [0.2, 0.25) is 0 Å². The molecular formula is C30H28N6OPt. The zero-order chi connectivity index (χ0) is 24.9. The number of fused-ring (bicyclic) bond motifs is 8. The van der Waals surface area contributed by atoms with E-state index in [2.05, 4.69) is 57.0 Å². The minimum atomic E-state index is 0. The van der Waals surface area contributed by atoms with E-state index in [-0.39, 0.29) is 21.1 Å². The van der Waals surface area contributed by atoms with Gasteiger partial charge in [0.1, 0.15) is 0 Å². The number of nitrogens with zero attached hydrogens (tertiary/aromatic N) is 6. The smallest absolute Gasteiger partial charge is 0.497 e. The van der Waals surface area contributed by atoms with Gasteiger partial charge >= 0.3 is 21.1 Å². The third-order valence-electron chi connectivity index (χ3n) is 6.61. The van der Waals surface area contributed by atoms with Crippen molar-refractivity contribution >= 4 is 0 Å². The van der Waals surface area contributed by atoms with Crippen LogP contribution in [0.3, 0.4) is 0 Å². The first-order chi connectivity index (χ1) is 18.3. The fourth-order valence-electron chi connectivity index (χ4n) is 4.57. The second-order valence-electron chi connectivity index (χ2n) is 9.42. The largest absolute Gasteiger partial charge is 2.00 e. The predicted octanol–water partition coefficient (Wildman–Crippen LogP) is 5.95. The standard InChI is InChI=1S/C30H28N6O.Pt/c1-3-17-35-21-29(31-33-35)25-9-5-11-27(19-25)37-28-12-6-10-26(20-28)30-22-36(34-32-30)18-4-2-8-24-15-13-23(7-1)14-16-24;/h5-6,9-16,21-22H,1-4,7-8,17-18H2;/q-2;+2. The van der Waals surface area contributed by atoms with E-state index >= 15 is 0 Å². The topological polar surface area (TPSA) is 70.7 Å². The van der Waals surface area contributed by atoms with E-state index in [0.29, 0.717) is 11.5 Å². The van der Waals surface area contributed by atoms with Crippen LogP contribution >= 0.6 is 0 Å². The van der Waals surface area contributed by atoms with Crippen molar-refractivity contribution in [3.05, 3.63) is 96.3 Å². The predicted molar refractivity (Wildman–Crippen MR) is 141 cm³/mol. The third kappa shape index (κ3) is 6.46. The van der Waals surface area contributed by atoms with E-state index in [1.807, 2.05) is 58.2 Å². The van der Waals surface area contributed by atoms with Gasteiger partial charge in [0.25, 0.3) is 0 Å². The first kappa shape index (κ1) is 26.1. The minimum Gasteiger partial charge on any atom is -0.497 e. The van der Waals surface area contributed by atoms with Gasteiger partial charge in [0.05, 0.1) is 0 Å². The first-order valence-electron chi connectivity index (χ1n) is 12.9. The summed E-state index contributed by atoms with van der Waals surface area (Å²) in [6.45, 7) is 1.68. The van der Waals surface area contributed by atoms with Crippen LogP contribution in [0.4, 0.5) is 0 Å². The molecule has 5 aromatic rings. The quantitative estimate of drug-likeness (QED) is 0.189. The van der Waals surface area contributed by atoms with Gasteiger partial charge in [-0.25, -0.2) is 0 Å². The van der Waals surface area contributed by atoms with Gasteiger partial charge in [0.15, 0.2) is 0 Å². The molecule has 194 valence electrons. The Morgan fingerprint density at radius 2 is 1.08 bits per heavy atom. The Bertz CT molecular complexity index is 1370. The zero-order valence-electron chi connectivity index (χ0n) is 21.0. The molecule has 0 saturated carbocycles. The Kier molecular flexibility index (Phi) is 8.44. The van der Waals surface area contributed by atoms with Gasteiger partial charge in [-0.05, 0) is 49.7 Å². The van der Waals surface area contributed by atoms with E-state index in [9.17, 15) is 0 Å². The Morgan fingerprint density at radius 3 is 1.55 bits per heavy atom. The van der Waals surface area contributed by atoms with Crippen molar-refractivity contribution in [3.63, 3.8) is 0 Å². The average molecular weight is 684 g/mol. The normalized spacial score (nSPS) is 14.0. The molecule has 0 atom stereocenters. The van der Waals surface area contributed by atoms with Gasteiger partial charge in [-0.15, -0.1) is 47.5 Å². The molecule has 0 aliphatic carbocycles. The summed E-state index contributed by atoms with van der Waals surface area (Å²) in [5, 5.41) is 17.4. The molecule has 38 heavy (non-hydrogen) atoms. The van der Waals surface area contributed by atoms with E-state index in [1.165, 1.54) is 11.1 Å². The summed E-state index contributed by atoms with van der Waals surface area (Å²) in [5.41, 5.74) is 6.01. The van der Waals surface area contributed by atoms with E-state index in [4.69, 9.17) is 4.74 Å². The number of hydrogen-bond donors (Lipinski definition) is 0. The summed E-state index contributed by atoms with van der Waals surface area (Å²) < 4.78 is 9.91. The van der Waals surface area contributed by atoms with Gasteiger partial charge in [-0.1, -0.05) is 46.8 Å². The Hall–Kier alpha value is -3.57. The van der Waals surface area contributed by atoms with Crippen molar-refractivity contribution in [1.29, 1.82) is 0 Å². The number of aromatic nitrogens is 6. The number of hydrogen-bond acceptors (Lipinski definition) is 5. The number of ether oxygens (including phenoxy) is 1. The van der Waals surface area contributed by atoms with Crippen LogP contribution in [-0.2, 0) is 47.0 Å². The monoisotopic (exact) mass is 683 g/mol. The summed E-state index contributed by atoms with van der Waals surface area (Å²) in [5.74, 6) is 1.20. The molecule has 2 aliphatic rings. The van der Waals surface area contributed by atoms with Crippen LogP contribution in [-0.4, -0.2) is 30.0 Å². The third-order valence-corrected chi connectivity index (χ3v) is 6.61. The summed E-state index contributed by atoms with van der Waals surface area (Å²) in [4.78, 5) is 0. The van der Waals surface area contributed by atoms with E-state index < -0.39 is 0 Å². The Morgan fingerprint density at radius 1 is 0.605 bits per heavy atom. The van der Waals surface area contributed by atoms with Crippen molar-refractivity contribution in [2.45, 2.75) is 51.6 Å². The molecule has 0 N–H and O–H groups in total. The minimum absolute atomic E-state index is 0. The molecule has 0 spiro atoms. The maximum atomic E-state index is 6.09. The summed E-state index contributed by atoms with van der Waals surface area (Å²) >= 11 is 0. The van der Waals surface area contributed by atoms with Gasteiger partial charge in [-0.2, -0.15) is 10.2 Å². The molecule has 3 aromatic carbocycles. The maximum absolute atomic E-state index is 6.09. The van der Waals surface area contributed by atoms with Crippen LogP contribution in [0.1, 0.15) is 36.8 Å². The van der Waals surface area contributed by atoms with Crippen LogP contribution in [0.25, 0.3) is 22.5 Å². The maximum Gasteiger partial charge on any atom is 2.00 e. The Labute approximate surface area is 237 Å². The first-order valence-corrected chi connectivity index (χ1v) is 12.9. The van der Waals surface area contributed by atoms with Crippen molar-refractivity contribution < 1.29 is 25.8 Å². The van der Waals surface area contributed by atoms with Crippen LogP contribution < -0.4 is 4.74 Å². The van der Waals surface area contributed by atoms with Gasteiger partial charge in [-0.3, -0.25) is 9.36 Å². The molecule has 2 aromatic heterocycles. The van der Waals surface area contributed by atoms with Crippen LogP contribution in [0.15, 0.2) is 73.1 Å². The summed E-state index contributed by atoms with van der Waals surface area (Å²) in [7, 11) is 0. The molecule has 7 nitrogen and oxygen atoms in total. The molecule has 4 heterocycles. The van der Waals surface area contributed by atoms with Crippen LogP contribution in [0, 0.1) is 12.1 Å². The summed E-state index contributed by atoms with van der Waals surface area (Å²) in [6.07, 6.45) is 10.4. The second kappa shape index (κ2) is 12.3. The SMILES string of the molecule is [Pt+2].[c-]1c2cccc1-c1cn(nn1)CCCCc1ccc(cc1)CCCCn1cc(nn1)-c1[c-]c(ccc1)O2. The van der Waals surface area contributed by atoms with Crippen LogP contribution in [0.5, 0.6) is 11.5 Å². The van der Waals surface area contributed by atoms with E-state index in [1.54, 1.807) is 0 Å². The van der Waals surface area contributed by atoms with Crippen molar-refractivity contribution in [2.75, 3.05) is 0 Å². The molecule has 7 rings (SSSR count). The molecule has 0 radical (unpaired) electrons. The molecule has 10 bridgehead atoms. The number of benzene rings is 3. The molecular weight excluding hydrogens is 655 g/mol. The van der Waals surface area contributed by atoms with Crippen molar-refractivity contribution in [1.82, 2.24) is 30.0 Å². The molecule has 0 unspecified atom stereocenters. The zero-order valence-corrected chi connectivity index (χ0v) is 23.3. The molecule has 0 fully saturated rings. The average Bonchev–Trinajstić information content (AvgIpc) is 3.60. The van der Waals surface area contributed by atoms with Gasteiger partial charge < -0.3 is 4.74 Å². The fraction of sp³-hybridized carbons (Fsp3) is 0.267. The molecule has 0 saturated heterocycles.